The van der Waals surface area contributed by atoms with Gasteiger partial charge in [-0.2, -0.15) is 4.98 Å². The van der Waals surface area contributed by atoms with Crippen LogP contribution in [0.1, 0.15) is 33.1 Å². The molecule has 2 N–H and O–H groups in total. The second-order valence-electron chi connectivity index (χ2n) is 8.05. The van der Waals surface area contributed by atoms with E-state index in [1.807, 2.05) is 29.2 Å². The highest BCUT2D eigenvalue weighted by atomic mass is 16.4. The molecule has 3 heterocycles. The summed E-state index contributed by atoms with van der Waals surface area (Å²) in [5, 5.41) is 6.61. The van der Waals surface area contributed by atoms with Crippen molar-refractivity contribution in [2.24, 2.45) is 0 Å². The van der Waals surface area contributed by atoms with Gasteiger partial charge >= 0.3 is 0 Å². The Kier molecular flexibility index (Phi) is 5.82. The van der Waals surface area contributed by atoms with Crippen LogP contribution in [0.25, 0.3) is 11.1 Å². The number of aromatic nitrogens is 1. The molecule has 1 amide bonds. The van der Waals surface area contributed by atoms with E-state index in [2.05, 4.69) is 34.4 Å². The van der Waals surface area contributed by atoms with Crippen molar-refractivity contribution in [3.8, 4) is 0 Å². The Balaban J connectivity index is 1.39. The monoisotopic (exact) mass is 385 g/mol. The third-order valence-corrected chi connectivity index (χ3v) is 6.01. The van der Waals surface area contributed by atoms with Crippen LogP contribution in [-0.4, -0.2) is 66.6 Å². The maximum Gasteiger partial charge on any atom is 0.299 e. The zero-order chi connectivity index (χ0) is 19.5. The number of benzene rings is 1. The van der Waals surface area contributed by atoms with Gasteiger partial charge in [0.1, 0.15) is 11.6 Å². The maximum absolute atomic E-state index is 12.9. The summed E-state index contributed by atoms with van der Waals surface area (Å²) in [4.78, 5) is 22.1. The molecule has 2 fully saturated rings. The molecule has 0 radical (unpaired) electrons. The number of amides is 1. The van der Waals surface area contributed by atoms with Gasteiger partial charge in [0.2, 0.25) is 5.91 Å². The summed E-state index contributed by atoms with van der Waals surface area (Å²) in [7, 11) is 0. The number of hydrogen-bond acceptors (Lipinski definition) is 6. The molecule has 7 heteroatoms. The topological polar surface area (TPSA) is 73.6 Å². The molecule has 152 valence electrons. The van der Waals surface area contributed by atoms with Crippen LogP contribution in [0.2, 0.25) is 0 Å². The van der Waals surface area contributed by atoms with Gasteiger partial charge in [-0.1, -0.05) is 12.1 Å². The lowest BCUT2D eigenvalue weighted by Crippen LogP contribution is -2.57. The Hall–Kier alpha value is -2.12. The first kappa shape index (κ1) is 19.2. The summed E-state index contributed by atoms with van der Waals surface area (Å²) in [5.41, 5.74) is 1.60. The molecule has 28 heavy (non-hydrogen) atoms. The third-order valence-electron chi connectivity index (χ3n) is 6.01. The van der Waals surface area contributed by atoms with Crippen LogP contribution >= 0.6 is 0 Å². The summed E-state index contributed by atoms with van der Waals surface area (Å²) in [6.07, 6.45) is 2.95. The SMILES string of the molecule is CC1CNCC(C)N1CCNC(=O)C1CCCCN1c1nc2ccccc2o1. The van der Waals surface area contributed by atoms with E-state index in [9.17, 15) is 4.79 Å². The molecule has 3 unspecified atom stereocenters. The van der Waals surface area contributed by atoms with Gasteiger partial charge in [-0.25, -0.2) is 0 Å². The molecule has 0 aliphatic carbocycles. The Morgan fingerprint density at radius 3 is 2.82 bits per heavy atom. The largest absolute Gasteiger partial charge is 0.423 e. The average molecular weight is 386 g/mol. The number of fused-ring (bicyclic) bond motifs is 1. The molecular weight excluding hydrogens is 354 g/mol. The molecular formula is C21H31N5O2. The van der Waals surface area contributed by atoms with Crippen LogP contribution in [0.5, 0.6) is 0 Å². The highest BCUT2D eigenvalue weighted by Crippen LogP contribution is 2.27. The van der Waals surface area contributed by atoms with Gasteiger partial charge < -0.3 is 20.0 Å². The van der Waals surface area contributed by atoms with Crippen molar-refractivity contribution in [2.45, 2.75) is 51.2 Å². The zero-order valence-electron chi connectivity index (χ0n) is 16.9. The number of piperidine rings is 1. The zero-order valence-corrected chi connectivity index (χ0v) is 16.9. The van der Waals surface area contributed by atoms with Crippen LogP contribution in [0.4, 0.5) is 6.01 Å². The van der Waals surface area contributed by atoms with Crippen LogP contribution in [-0.2, 0) is 4.79 Å². The molecule has 0 spiro atoms. The fourth-order valence-electron chi connectivity index (χ4n) is 4.45. The molecule has 3 atom stereocenters. The predicted octanol–water partition coefficient (Wildman–Crippen LogP) is 1.99. The summed E-state index contributed by atoms with van der Waals surface area (Å²) < 4.78 is 5.94. The summed E-state index contributed by atoms with van der Waals surface area (Å²) in [6.45, 7) is 8.84. The van der Waals surface area contributed by atoms with Gasteiger partial charge in [0.15, 0.2) is 5.58 Å². The number of carbonyl (C=O) groups is 1. The highest BCUT2D eigenvalue weighted by molar-refractivity contribution is 5.85. The van der Waals surface area contributed by atoms with E-state index in [1.165, 1.54) is 0 Å². The molecule has 1 aromatic carbocycles. The van der Waals surface area contributed by atoms with Crippen molar-refractivity contribution in [3.05, 3.63) is 24.3 Å². The first-order valence-corrected chi connectivity index (χ1v) is 10.5. The number of nitrogens with one attached hydrogen (secondary N) is 2. The smallest absolute Gasteiger partial charge is 0.299 e. The summed E-state index contributed by atoms with van der Waals surface area (Å²) in [5.74, 6) is 0.0809. The molecule has 2 aromatic rings. The lowest BCUT2D eigenvalue weighted by Gasteiger charge is -2.39. The highest BCUT2D eigenvalue weighted by Gasteiger charge is 2.32. The Morgan fingerprint density at radius 1 is 1.25 bits per heavy atom. The van der Waals surface area contributed by atoms with E-state index in [1.54, 1.807) is 0 Å². The van der Waals surface area contributed by atoms with Crippen LogP contribution in [0.3, 0.4) is 0 Å². The molecule has 0 saturated carbocycles. The van der Waals surface area contributed by atoms with Crippen molar-refractivity contribution in [1.29, 1.82) is 0 Å². The van der Waals surface area contributed by atoms with E-state index in [0.29, 0.717) is 24.6 Å². The number of rotatable bonds is 5. The Labute approximate surface area is 166 Å². The van der Waals surface area contributed by atoms with Crippen molar-refractivity contribution >= 4 is 23.0 Å². The fourth-order valence-corrected chi connectivity index (χ4v) is 4.45. The van der Waals surface area contributed by atoms with Crippen LogP contribution < -0.4 is 15.5 Å². The minimum Gasteiger partial charge on any atom is -0.423 e. The first-order valence-electron chi connectivity index (χ1n) is 10.5. The molecule has 1 aromatic heterocycles. The van der Waals surface area contributed by atoms with E-state index >= 15 is 0 Å². The first-order chi connectivity index (χ1) is 13.6. The molecule has 2 saturated heterocycles. The molecule has 2 aliphatic heterocycles. The van der Waals surface area contributed by atoms with Gasteiger partial charge in [0.25, 0.3) is 6.01 Å². The molecule has 4 rings (SSSR count). The predicted molar refractivity (Wildman–Crippen MR) is 111 cm³/mol. The fraction of sp³-hybridized carbons (Fsp3) is 0.619. The van der Waals surface area contributed by atoms with Crippen molar-refractivity contribution in [1.82, 2.24) is 20.5 Å². The Morgan fingerprint density at radius 2 is 2.04 bits per heavy atom. The maximum atomic E-state index is 12.9. The van der Waals surface area contributed by atoms with Gasteiger partial charge in [-0.15, -0.1) is 0 Å². The number of para-hydroxylation sites is 2. The second kappa shape index (κ2) is 8.49. The number of piperazine rings is 1. The number of nitrogens with zero attached hydrogens (tertiary/aromatic N) is 3. The van der Waals surface area contributed by atoms with Gasteiger partial charge in [-0.05, 0) is 45.2 Å². The molecule has 0 bridgehead atoms. The van der Waals surface area contributed by atoms with Crippen molar-refractivity contribution in [3.63, 3.8) is 0 Å². The third kappa shape index (κ3) is 4.00. The number of anilines is 1. The standard InChI is InChI=1S/C21H31N5O2/c1-15-13-22-14-16(2)25(15)12-10-23-20(27)18-8-5-6-11-26(18)21-24-17-7-3-4-9-19(17)28-21/h3-4,7,9,15-16,18,22H,5-6,8,10-14H2,1-2H3,(H,23,27). The van der Waals surface area contributed by atoms with Gasteiger partial charge in [0.05, 0.1) is 0 Å². The lowest BCUT2D eigenvalue weighted by molar-refractivity contribution is -0.123. The minimum atomic E-state index is -0.209. The van der Waals surface area contributed by atoms with Crippen molar-refractivity contribution in [2.75, 3.05) is 37.6 Å². The number of hydrogen-bond donors (Lipinski definition) is 2. The second-order valence-corrected chi connectivity index (χ2v) is 8.05. The van der Waals surface area contributed by atoms with E-state index in [4.69, 9.17) is 4.42 Å². The normalized spacial score (nSPS) is 26.5. The van der Waals surface area contributed by atoms with E-state index in [-0.39, 0.29) is 11.9 Å². The van der Waals surface area contributed by atoms with E-state index < -0.39 is 0 Å². The Bertz CT molecular complexity index is 764. The van der Waals surface area contributed by atoms with E-state index in [0.717, 1.165) is 56.5 Å². The average Bonchev–Trinajstić information content (AvgIpc) is 3.14. The minimum absolute atomic E-state index is 0.0809. The molecule has 7 nitrogen and oxygen atoms in total. The lowest BCUT2D eigenvalue weighted by atomic mass is 10.0. The quantitative estimate of drug-likeness (QED) is 0.820. The molecule has 2 aliphatic rings. The number of carbonyl (C=O) groups excluding carboxylic acids is 1. The summed E-state index contributed by atoms with van der Waals surface area (Å²) >= 11 is 0. The number of oxazole rings is 1. The van der Waals surface area contributed by atoms with Gasteiger partial charge in [-0.3, -0.25) is 9.69 Å². The van der Waals surface area contributed by atoms with Gasteiger partial charge in [0, 0.05) is 44.8 Å². The van der Waals surface area contributed by atoms with Crippen LogP contribution in [0.15, 0.2) is 28.7 Å². The van der Waals surface area contributed by atoms with Crippen molar-refractivity contribution < 1.29 is 9.21 Å². The van der Waals surface area contributed by atoms with Crippen LogP contribution in [0, 0.1) is 0 Å². The summed E-state index contributed by atoms with van der Waals surface area (Å²) in [6, 6.07) is 9.09.